The van der Waals surface area contributed by atoms with Gasteiger partial charge in [-0.2, -0.15) is 0 Å². The third kappa shape index (κ3) is 18.9. The molecule has 0 saturated carbocycles. The van der Waals surface area contributed by atoms with Gasteiger partial charge in [0.25, 0.3) is 0 Å². The van der Waals surface area contributed by atoms with Crippen LogP contribution in [0, 0.1) is 0 Å². The van der Waals surface area contributed by atoms with E-state index in [1.807, 2.05) is 0 Å². The summed E-state index contributed by atoms with van der Waals surface area (Å²) in [5.74, 6) is 0. The molecule has 0 aliphatic heterocycles. The highest BCUT2D eigenvalue weighted by molar-refractivity contribution is 7.22. The lowest BCUT2D eigenvalue weighted by Gasteiger charge is -2.00. The van der Waals surface area contributed by atoms with Gasteiger partial charge in [-0.25, -0.2) is 0 Å². The first-order chi connectivity index (χ1) is 8.47. The predicted octanol–water partition coefficient (Wildman–Crippen LogP) is 6.42. The van der Waals surface area contributed by atoms with Crippen LogP contribution in [0.1, 0.15) is 60.3 Å². The summed E-state index contributed by atoms with van der Waals surface area (Å²) >= 11 is -0.639. The minimum Gasteiger partial charge on any atom is -0.309 e. The molecule has 0 bridgehead atoms. The lowest BCUT2D eigenvalue weighted by Crippen LogP contribution is -1.80. The molecular formula is C15H26Cl2Mg. The van der Waals surface area contributed by atoms with Crippen molar-refractivity contribution in [1.82, 2.24) is 0 Å². The van der Waals surface area contributed by atoms with Crippen LogP contribution in [-0.2, 0) is 0 Å². The number of hydrogen-bond donors (Lipinski definition) is 0. The van der Waals surface area contributed by atoms with Gasteiger partial charge < -0.3 is 18.1 Å². The van der Waals surface area contributed by atoms with Crippen molar-refractivity contribution in [2.24, 2.45) is 0 Å². The molecule has 0 aromatic carbocycles. The maximum atomic E-state index is 4.90. The molecule has 0 fully saturated rings. The van der Waals surface area contributed by atoms with Crippen LogP contribution in [-0.4, -0.2) is 18.2 Å². The molecule has 0 radical (unpaired) electrons. The fraction of sp³-hybridized carbons (Fsp3) is 0.600. The first-order valence-electron chi connectivity index (χ1n) is 6.50. The maximum Gasteiger partial charge on any atom is 0.618 e. The predicted molar refractivity (Wildman–Crippen MR) is 88.5 cm³/mol. The Morgan fingerprint density at radius 3 is 1.78 bits per heavy atom. The first kappa shape index (κ1) is 20.9. The molecule has 0 aromatic rings. The molecule has 0 nitrogen and oxygen atoms in total. The van der Waals surface area contributed by atoms with Crippen LogP contribution in [0.3, 0.4) is 0 Å². The molecule has 0 aromatic heterocycles. The van der Waals surface area contributed by atoms with Crippen molar-refractivity contribution < 1.29 is 0 Å². The smallest absolute Gasteiger partial charge is 0.309 e. The fourth-order valence-corrected chi connectivity index (χ4v) is 1.38. The van der Waals surface area contributed by atoms with Crippen LogP contribution in [0.15, 0.2) is 34.9 Å². The summed E-state index contributed by atoms with van der Waals surface area (Å²) in [5.41, 5.74) is 4.44. The lowest BCUT2D eigenvalue weighted by atomic mass is 10.1. The van der Waals surface area contributed by atoms with E-state index in [1.54, 1.807) is 0 Å². The summed E-state index contributed by atoms with van der Waals surface area (Å²) in [7, 11) is 9.81. The minimum absolute atomic E-state index is 0.639. The molecule has 0 atom stereocenters. The van der Waals surface area contributed by atoms with E-state index < -0.39 is 18.2 Å². The molecule has 0 heterocycles. The van der Waals surface area contributed by atoms with Crippen LogP contribution in [0.2, 0.25) is 0 Å². The first-order valence-corrected chi connectivity index (χ1v) is 10.8. The van der Waals surface area contributed by atoms with Crippen LogP contribution in [0.5, 0.6) is 0 Å². The molecule has 0 aliphatic carbocycles. The maximum absolute atomic E-state index is 4.90. The SMILES string of the molecule is CC=C(C)CCC=C(C)CCC=C(C)C.[Cl][Mg][Cl]. The quantitative estimate of drug-likeness (QED) is 0.392. The average Bonchev–Trinajstić information content (AvgIpc) is 2.29. The molecule has 0 saturated heterocycles. The van der Waals surface area contributed by atoms with Gasteiger partial charge in [-0.05, 0) is 60.3 Å². The summed E-state index contributed by atoms with van der Waals surface area (Å²) in [4.78, 5) is 0. The summed E-state index contributed by atoms with van der Waals surface area (Å²) in [5, 5.41) is 0. The number of rotatable bonds is 6. The third-order valence-corrected chi connectivity index (χ3v) is 2.62. The zero-order chi connectivity index (χ0) is 14.4. The van der Waals surface area contributed by atoms with Gasteiger partial charge in [0.2, 0.25) is 0 Å². The van der Waals surface area contributed by atoms with Crippen molar-refractivity contribution in [3.8, 4) is 0 Å². The molecule has 0 aliphatic rings. The standard InChI is InChI=1S/C15H26.2ClH.Mg/c1-6-14(4)10-8-12-15(5)11-7-9-13(2)3;;;/h6,9,12H,7-8,10-11H2,1-5H3;2*1H;/q;;;+2/p-2. The second-order valence-corrected chi connectivity index (χ2v) is 7.27. The Morgan fingerprint density at radius 1 is 0.889 bits per heavy atom. The molecule has 0 rings (SSSR count). The zero-order valence-electron chi connectivity index (χ0n) is 12.5. The summed E-state index contributed by atoms with van der Waals surface area (Å²) < 4.78 is 0. The van der Waals surface area contributed by atoms with Crippen LogP contribution in [0.25, 0.3) is 0 Å². The number of hydrogen-bond acceptors (Lipinski definition) is 0. The Labute approximate surface area is 131 Å². The topological polar surface area (TPSA) is 0 Å². The minimum atomic E-state index is -0.639. The molecular weight excluding hydrogens is 275 g/mol. The van der Waals surface area contributed by atoms with E-state index in [-0.39, 0.29) is 0 Å². The Morgan fingerprint density at radius 2 is 1.33 bits per heavy atom. The molecule has 0 N–H and O–H groups in total. The highest BCUT2D eigenvalue weighted by Gasteiger charge is 1.90. The molecule has 18 heavy (non-hydrogen) atoms. The van der Waals surface area contributed by atoms with Crippen molar-refractivity contribution >= 4 is 36.3 Å². The van der Waals surface area contributed by atoms with E-state index in [9.17, 15) is 0 Å². The fourth-order valence-electron chi connectivity index (χ4n) is 1.38. The van der Waals surface area contributed by atoms with E-state index in [1.165, 1.54) is 42.4 Å². The number of allylic oxidation sites excluding steroid dienone is 6. The normalized spacial score (nSPS) is 11.3. The largest absolute Gasteiger partial charge is 0.618 e. The van der Waals surface area contributed by atoms with Gasteiger partial charge in [0.05, 0.1) is 0 Å². The highest BCUT2D eigenvalue weighted by Crippen LogP contribution is 2.10. The molecule has 0 spiro atoms. The van der Waals surface area contributed by atoms with Crippen molar-refractivity contribution in [3.63, 3.8) is 0 Å². The van der Waals surface area contributed by atoms with E-state index in [4.69, 9.17) is 18.1 Å². The van der Waals surface area contributed by atoms with E-state index in [0.29, 0.717) is 0 Å². The Hall–Kier alpha value is 0.566. The number of halogens is 2. The summed E-state index contributed by atoms with van der Waals surface area (Å²) in [6.45, 7) is 10.9. The van der Waals surface area contributed by atoms with E-state index in [2.05, 4.69) is 52.8 Å². The average molecular weight is 302 g/mol. The second kappa shape index (κ2) is 15.6. The van der Waals surface area contributed by atoms with E-state index >= 15 is 0 Å². The van der Waals surface area contributed by atoms with Gasteiger partial charge in [0, 0.05) is 0 Å². The van der Waals surface area contributed by atoms with Crippen molar-refractivity contribution in [1.29, 1.82) is 0 Å². The highest BCUT2D eigenvalue weighted by atomic mass is 35.6. The monoisotopic (exact) mass is 300 g/mol. The van der Waals surface area contributed by atoms with Gasteiger partial charge in [0.15, 0.2) is 0 Å². The van der Waals surface area contributed by atoms with Crippen LogP contribution in [0.4, 0.5) is 0 Å². The van der Waals surface area contributed by atoms with Gasteiger partial charge in [0.1, 0.15) is 0 Å². The zero-order valence-corrected chi connectivity index (χ0v) is 15.4. The van der Waals surface area contributed by atoms with Crippen LogP contribution >= 0.6 is 18.1 Å². The third-order valence-electron chi connectivity index (χ3n) is 2.62. The van der Waals surface area contributed by atoms with Crippen LogP contribution < -0.4 is 0 Å². The molecule has 0 unspecified atom stereocenters. The van der Waals surface area contributed by atoms with Crippen molar-refractivity contribution in [2.45, 2.75) is 60.3 Å². The molecule has 0 amide bonds. The van der Waals surface area contributed by atoms with Gasteiger partial charge in [-0.3, -0.25) is 0 Å². The lowest BCUT2D eigenvalue weighted by molar-refractivity contribution is 0.917. The van der Waals surface area contributed by atoms with Crippen molar-refractivity contribution in [3.05, 3.63) is 34.9 Å². The summed E-state index contributed by atoms with van der Waals surface area (Å²) in [6, 6.07) is 0. The summed E-state index contributed by atoms with van der Waals surface area (Å²) in [6.07, 6.45) is 11.7. The second-order valence-electron chi connectivity index (χ2n) is 4.65. The Balaban J connectivity index is 0. The Kier molecular flexibility index (Phi) is 18.1. The molecule has 102 valence electrons. The van der Waals surface area contributed by atoms with Gasteiger partial charge >= 0.3 is 18.2 Å². The van der Waals surface area contributed by atoms with E-state index in [0.717, 1.165) is 0 Å². The van der Waals surface area contributed by atoms with Gasteiger partial charge in [-0.1, -0.05) is 34.9 Å². The molecule has 3 heteroatoms. The van der Waals surface area contributed by atoms with Gasteiger partial charge in [-0.15, -0.1) is 0 Å². The van der Waals surface area contributed by atoms with Crippen molar-refractivity contribution in [2.75, 3.05) is 0 Å². The Bertz CT molecular complexity index is 274.